The summed E-state index contributed by atoms with van der Waals surface area (Å²) in [7, 11) is 0. The number of urea groups is 1. The summed E-state index contributed by atoms with van der Waals surface area (Å²) in [4.78, 5) is 14.4. The number of benzene rings is 1. The number of carbonyl (C=O) groups is 1. The molecule has 0 bridgehead atoms. The van der Waals surface area contributed by atoms with Crippen molar-refractivity contribution in [2.45, 2.75) is 33.6 Å². The van der Waals surface area contributed by atoms with Crippen LogP contribution in [0.4, 0.5) is 20.7 Å². The number of hydrogen-bond acceptors (Lipinski definition) is 5. The molecule has 2 atom stereocenters. The number of aromatic nitrogens is 2. The maximum absolute atomic E-state index is 12.1. The zero-order valence-electron chi connectivity index (χ0n) is 15.0. The van der Waals surface area contributed by atoms with E-state index in [9.17, 15) is 4.79 Å². The van der Waals surface area contributed by atoms with Crippen molar-refractivity contribution in [1.82, 2.24) is 10.2 Å². The van der Waals surface area contributed by atoms with Gasteiger partial charge in [0.25, 0.3) is 0 Å². The van der Waals surface area contributed by atoms with E-state index >= 15 is 0 Å². The monoisotopic (exact) mass is 359 g/mol. The molecule has 1 aliphatic heterocycles. The molecular formula is C18H25N5OS. The van der Waals surface area contributed by atoms with Gasteiger partial charge in [0, 0.05) is 18.8 Å². The van der Waals surface area contributed by atoms with E-state index in [1.807, 2.05) is 24.3 Å². The third-order valence-corrected chi connectivity index (χ3v) is 5.29. The van der Waals surface area contributed by atoms with Crippen LogP contribution >= 0.6 is 11.3 Å². The van der Waals surface area contributed by atoms with Gasteiger partial charge in [-0.2, -0.15) is 0 Å². The molecule has 2 unspecified atom stereocenters. The van der Waals surface area contributed by atoms with E-state index in [0.717, 1.165) is 30.3 Å². The molecule has 1 aromatic heterocycles. The van der Waals surface area contributed by atoms with Crippen LogP contribution in [0.5, 0.6) is 0 Å². The fourth-order valence-electron chi connectivity index (χ4n) is 3.30. The third kappa shape index (κ3) is 4.69. The van der Waals surface area contributed by atoms with Crippen LogP contribution in [-0.4, -0.2) is 29.3 Å². The van der Waals surface area contributed by atoms with Crippen molar-refractivity contribution in [3.8, 4) is 0 Å². The Kier molecular flexibility index (Phi) is 5.53. The molecular weight excluding hydrogens is 334 g/mol. The number of carbonyl (C=O) groups excluding carboxylic acids is 1. The van der Waals surface area contributed by atoms with Crippen LogP contribution < -0.4 is 15.5 Å². The van der Waals surface area contributed by atoms with Crippen molar-refractivity contribution in [3.05, 3.63) is 29.8 Å². The molecule has 2 N–H and O–H groups in total. The molecule has 0 spiro atoms. The van der Waals surface area contributed by atoms with Crippen molar-refractivity contribution < 1.29 is 4.79 Å². The van der Waals surface area contributed by atoms with Gasteiger partial charge in [0.15, 0.2) is 0 Å². The molecule has 7 heteroatoms. The van der Waals surface area contributed by atoms with E-state index < -0.39 is 0 Å². The van der Waals surface area contributed by atoms with Gasteiger partial charge in [-0.05, 0) is 42.4 Å². The maximum Gasteiger partial charge on any atom is 0.325 e. The van der Waals surface area contributed by atoms with Crippen LogP contribution in [0.2, 0.25) is 0 Å². The highest BCUT2D eigenvalue weighted by Gasteiger charge is 2.24. The highest BCUT2D eigenvalue weighted by molar-refractivity contribution is 7.19. The molecule has 2 heterocycles. The van der Waals surface area contributed by atoms with Gasteiger partial charge in [-0.15, -0.1) is 10.2 Å². The summed E-state index contributed by atoms with van der Waals surface area (Å²) in [5, 5.41) is 15.3. The lowest BCUT2D eigenvalue weighted by molar-refractivity contribution is 0.262. The summed E-state index contributed by atoms with van der Waals surface area (Å²) in [6.07, 6.45) is 2.23. The minimum atomic E-state index is -0.299. The second-order valence-electron chi connectivity index (χ2n) is 6.87. The lowest BCUT2D eigenvalue weighted by Crippen LogP contribution is -2.38. The summed E-state index contributed by atoms with van der Waals surface area (Å²) in [5.41, 5.74) is 2.00. The third-order valence-electron chi connectivity index (χ3n) is 4.39. The first-order valence-corrected chi connectivity index (χ1v) is 9.60. The Morgan fingerprint density at radius 3 is 2.48 bits per heavy atom. The molecule has 0 radical (unpaired) electrons. The zero-order chi connectivity index (χ0) is 17.8. The quantitative estimate of drug-likeness (QED) is 0.857. The van der Waals surface area contributed by atoms with E-state index in [2.05, 4.69) is 46.5 Å². The van der Waals surface area contributed by atoms with E-state index in [4.69, 9.17) is 0 Å². The minimum Gasteiger partial charge on any atom is -0.346 e. The van der Waals surface area contributed by atoms with Crippen LogP contribution in [0.15, 0.2) is 24.3 Å². The maximum atomic E-state index is 12.1. The second kappa shape index (κ2) is 7.82. The summed E-state index contributed by atoms with van der Waals surface area (Å²) < 4.78 is 0. The number of nitrogens with zero attached hydrogens (tertiary/aromatic N) is 3. The highest BCUT2D eigenvalue weighted by atomic mass is 32.1. The molecule has 1 aromatic carbocycles. The molecule has 0 saturated carbocycles. The van der Waals surface area contributed by atoms with Crippen LogP contribution in [0.1, 0.15) is 32.8 Å². The lowest BCUT2D eigenvalue weighted by Gasteiger charge is -2.34. The van der Waals surface area contributed by atoms with E-state index in [0.29, 0.717) is 17.0 Å². The van der Waals surface area contributed by atoms with Gasteiger partial charge < -0.3 is 10.2 Å². The molecule has 134 valence electrons. The first kappa shape index (κ1) is 17.7. The first-order valence-electron chi connectivity index (χ1n) is 8.79. The second-order valence-corrected chi connectivity index (χ2v) is 7.83. The minimum absolute atomic E-state index is 0.299. The van der Waals surface area contributed by atoms with Gasteiger partial charge >= 0.3 is 6.03 Å². The van der Waals surface area contributed by atoms with Gasteiger partial charge in [-0.3, -0.25) is 5.32 Å². The zero-order valence-corrected chi connectivity index (χ0v) is 15.8. The van der Waals surface area contributed by atoms with Crippen LogP contribution in [0.25, 0.3) is 0 Å². The van der Waals surface area contributed by atoms with Gasteiger partial charge in [-0.1, -0.05) is 44.2 Å². The van der Waals surface area contributed by atoms with Gasteiger partial charge in [0.1, 0.15) is 0 Å². The summed E-state index contributed by atoms with van der Waals surface area (Å²) in [6, 6.07) is 7.53. The smallest absolute Gasteiger partial charge is 0.325 e. The van der Waals surface area contributed by atoms with Crippen LogP contribution in [0, 0.1) is 11.8 Å². The normalized spacial score (nSPS) is 20.4. The predicted molar refractivity (Wildman–Crippen MR) is 104 cm³/mol. The van der Waals surface area contributed by atoms with E-state index in [1.54, 1.807) is 0 Å². The molecule has 1 saturated heterocycles. The fraction of sp³-hybridized carbons (Fsp3) is 0.500. The van der Waals surface area contributed by atoms with Crippen molar-refractivity contribution in [1.29, 1.82) is 0 Å². The number of anilines is 3. The van der Waals surface area contributed by atoms with Crippen LogP contribution in [-0.2, 0) is 6.42 Å². The number of amides is 2. The number of aryl methyl sites for hydroxylation is 1. The SMILES string of the molecule is CCc1ccc(NC(=O)Nc2nnc(N3CC(C)CC(C)C3)s2)cc1. The average molecular weight is 359 g/mol. The Hall–Kier alpha value is -2.15. The molecule has 0 aliphatic carbocycles. The fourth-order valence-corrected chi connectivity index (χ4v) is 4.05. The lowest BCUT2D eigenvalue weighted by atomic mass is 9.92. The molecule has 3 rings (SSSR count). The number of hydrogen-bond donors (Lipinski definition) is 2. The molecule has 25 heavy (non-hydrogen) atoms. The molecule has 2 aromatic rings. The largest absolute Gasteiger partial charge is 0.346 e. The summed E-state index contributed by atoms with van der Waals surface area (Å²) in [6.45, 7) is 8.62. The van der Waals surface area contributed by atoms with Gasteiger partial charge in [-0.25, -0.2) is 4.79 Å². The van der Waals surface area contributed by atoms with Gasteiger partial charge in [0.2, 0.25) is 10.3 Å². The highest BCUT2D eigenvalue weighted by Crippen LogP contribution is 2.30. The van der Waals surface area contributed by atoms with Crippen LogP contribution in [0.3, 0.4) is 0 Å². The molecule has 1 aliphatic rings. The van der Waals surface area contributed by atoms with Crippen molar-refractivity contribution in [2.24, 2.45) is 11.8 Å². The standard InChI is InChI=1S/C18H25N5OS/c1-4-14-5-7-15(8-6-14)19-16(24)20-17-21-22-18(25-17)23-10-12(2)9-13(3)11-23/h5-8,12-13H,4,9-11H2,1-3H3,(H2,19,20,21,24). The van der Waals surface area contributed by atoms with E-state index in [-0.39, 0.29) is 6.03 Å². The van der Waals surface area contributed by atoms with E-state index in [1.165, 1.54) is 23.3 Å². The Labute approximate surface area is 152 Å². The molecule has 2 amide bonds. The first-order chi connectivity index (χ1) is 12.0. The summed E-state index contributed by atoms with van der Waals surface area (Å²) >= 11 is 1.42. The van der Waals surface area contributed by atoms with Crippen molar-refractivity contribution >= 4 is 33.3 Å². The molecule has 1 fully saturated rings. The Morgan fingerprint density at radius 2 is 1.84 bits per heavy atom. The van der Waals surface area contributed by atoms with Crippen molar-refractivity contribution in [3.63, 3.8) is 0 Å². The Balaban J connectivity index is 1.57. The van der Waals surface area contributed by atoms with Crippen molar-refractivity contribution in [2.75, 3.05) is 28.6 Å². The predicted octanol–water partition coefficient (Wildman–Crippen LogP) is 4.23. The molecule has 6 nitrogen and oxygen atoms in total. The number of rotatable bonds is 4. The number of piperidine rings is 1. The average Bonchev–Trinajstić information content (AvgIpc) is 3.03. The van der Waals surface area contributed by atoms with Gasteiger partial charge in [0.05, 0.1) is 0 Å². The Bertz CT molecular complexity index is 705. The number of nitrogens with one attached hydrogen (secondary N) is 2. The summed E-state index contributed by atoms with van der Waals surface area (Å²) in [5.74, 6) is 1.30. The Morgan fingerprint density at radius 1 is 1.16 bits per heavy atom. The topological polar surface area (TPSA) is 70.1 Å².